The van der Waals surface area contributed by atoms with E-state index >= 15 is 0 Å². The van der Waals surface area contributed by atoms with Gasteiger partial charge in [-0.05, 0) is 117 Å². The van der Waals surface area contributed by atoms with Crippen LogP contribution in [-0.2, 0) is 20.9 Å². The molecule has 11 heteroatoms. The Morgan fingerprint density at radius 1 is 1.00 bits per heavy atom. The number of esters is 2. The van der Waals surface area contributed by atoms with Gasteiger partial charge < -0.3 is 24.5 Å². The Morgan fingerprint density at radius 3 is 2.54 bits per heavy atom. The first-order chi connectivity index (χ1) is 24.2. The number of carbonyl (C=O) groups excluding carboxylic acids is 3. The Kier molecular flexibility index (Phi) is 13.6. The standard InChI is InChI=1S/C39H46ClN3O6S/c1-26(24-50-25-35(44)41-17-8-20-48-32-10-7-9-28(21-32)23-43-18-5-4-6-19-43)36(39(46)49-38(45)29-11-13-30(40)14-12-29)37-27(2)42-34-16-15-31(47-3)22-33(34)37/h7,9-16,21-22,26,36,42H,4-6,8,17-20,23-25H2,1-3H3,(H,41,44). The highest BCUT2D eigenvalue weighted by molar-refractivity contribution is 7.99. The molecule has 266 valence electrons. The number of amides is 1. The lowest BCUT2D eigenvalue weighted by molar-refractivity contribution is -0.140. The number of methoxy groups -OCH3 is 1. The monoisotopic (exact) mass is 719 g/mol. The topological polar surface area (TPSA) is 110 Å². The van der Waals surface area contributed by atoms with Crippen LogP contribution in [0.3, 0.4) is 0 Å². The average Bonchev–Trinajstić information content (AvgIpc) is 3.43. The Bertz CT molecular complexity index is 1750. The minimum atomic E-state index is -0.779. The number of thioether (sulfide) groups is 1. The molecule has 50 heavy (non-hydrogen) atoms. The number of carbonyl (C=O) groups is 3. The van der Waals surface area contributed by atoms with Crippen molar-refractivity contribution in [1.29, 1.82) is 0 Å². The number of aryl methyl sites for hydroxylation is 1. The molecular weight excluding hydrogens is 674 g/mol. The fraction of sp³-hybridized carbons (Fsp3) is 0.410. The van der Waals surface area contributed by atoms with Crippen molar-refractivity contribution < 1.29 is 28.6 Å². The maximum atomic E-state index is 13.8. The summed E-state index contributed by atoms with van der Waals surface area (Å²) in [6, 6.07) is 20.1. The first-order valence-corrected chi connectivity index (χ1v) is 18.7. The van der Waals surface area contributed by atoms with Gasteiger partial charge in [0.25, 0.3) is 0 Å². The summed E-state index contributed by atoms with van der Waals surface area (Å²) in [5.41, 5.74) is 3.85. The third-order valence-electron chi connectivity index (χ3n) is 8.93. The van der Waals surface area contributed by atoms with E-state index in [2.05, 4.69) is 27.3 Å². The average molecular weight is 720 g/mol. The third kappa shape index (κ3) is 10.3. The van der Waals surface area contributed by atoms with Crippen molar-refractivity contribution in [3.8, 4) is 11.5 Å². The van der Waals surface area contributed by atoms with E-state index in [1.54, 1.807) is 19.2 Å². The number of likely N-dealkylation sites (tertiary alicyclic amines) is 1. The maximum absolute atomic E-state index is 13.8. The molecule has 1 aliphatic rings. The van der Waals surface area contributed by atoms with Gasteiger partial charge in [-0.25, -0.2) is 4.79 Å². The largest absolute Gasteiger partial charge is 0.497 e. The summed E-state index contributed by atoms with van der Waals surface area (Å²) in [7, 11) is 1.59. The van der Waals surface area contributed by atoms with Crippen molar-refractivity contribution in [3.63, 3.8) is 0 Å². The maximum Gasteiger partial charge on any atom is 0.345 e. The summed E-state index contributed by atoms with van der Waals surface area (Å²) in [5, 5.41) is 4.26. The molecule has 1 aliphatic heterocycles. The molecule has 0 aliphatic carbocycles. The van der Waals surface area contributed by atoms with Crippen LogP contribution in [0.15, 0.2) is 66.7 Å². The first kappa shape index (κ1) is 37.3. The number of rotatable bonds is 16. The summed E-state index contributed by atoms with van der Waals surface area (Å²) in [6.45, 7) is 8.09. The van der Waals surface area contributed by atoms with E-state index in [1.165, 1.54) is 48.7 Å². The van der Waals surface area contributed by atoms with Gasteiger partial charge in [0.2, 0.25) is 5.91 Å². The number of ether oxygens (including phenoxy) is 3. The lowest BCUT2D eigenvalue weighted by Gasteiger charge is -2.26. The number of hydrogen-bond donors (Lipinski definition) is 2. The van der Waals surface area contributed by atoms with E-state index in [4.69, 9.17) is 25.8 Å². The second-order valence-corrected chi connectivity index (χ2v) is 14.3. The van der Waals surface area contributed by atoms with Gasteiger partial charge >= 0.3 is 11.9 Å². The van der Waals surface area contributed by atoms with Gasteiger partial charge in [0.15, 0.2) is 0 Å². The van der Waals surface area contributed by atoms with Crippen LogP contribution in [0.1, 0.15) is 65.7 Å². The lowest BCUT2D eigenvalue weighted by atomic mass is 9.86. The van der Waals surface area contributed by atoms with Crippen LogP contribution in [0.5, 0.6) is 11.5 Å². The fourth-order valence-corrected chi connectivity index (χ4v) is 7.47. The van der Waals surface area contributed by atoms with E-state index in [1.807, 2.05) is 44.2 Å². The van der Waals surface area contributed by atoms with E-state index in [9.17, 15) is 14.4 Å². The number of fused-ring (bicyclic) bond motifs is 1. The number of H-pyrrole nitrogens is 1. The van der Waals surface area contributed by atoms with Gasteiger partial charge in [-0.1, -0.05) is 37.1 Å². The zero-order chi connectivity index (χ0) is 35.5. The van der Waals surface area contributed by atoms with Crippen molar-refractivity contribution in [2.45, 2.75) is 52.0 Å². The molecule has 0 radical (unpaired) electrons. The predicted molar refractivity (Wildman–Crippen MR) is 199 cm³/mol. The van der Waals surface area contributed by atoms with Crippen LogP contribution < -0.4 is 14.8 Å². The molecule has 4 aromatic rings. The number of aromatic nitrogens is 1. The van der Waals surface area contributed by atoms with Gasteiger partial charge in [-0.15, -0.1) is 0 Å². The quantitative estimate of drug-likeness (QED) is 0.0695. The smallest absolute Gasteiger partial charge is 0.345 e. The lowest BCUT2D eigenvalue weighted by Crippen LogP contribution is -2.29. The molecule has 2 unspecified atom stereocenters. The molecule has 3 aromatic carbocycles. The second kappa shape index (κ2) is 18.3. The number of halogens is 1. The summed E-state index contributed by atoms with van der Waals surface area (Å²) >= 11 is 7.41. The Hall–Kier alpha value is -3.99. The number of aromatic amines is 1. The number of hydrogen-bond acceptors (Lipinski definition) is 8. The van der Waals surface area contributed by atoms with Crippen LogP contribution in [0.25, 0.3) is 10.9 Å². The van der Waals surface area contributed by atoms with E-state index in [0.717, 1.165) is 47.5 Å². The van der Waals surface area contributed by atoms with Crippen molar-refractivity contribution in [2.24, 2.45) is 5.92 Å². The molecule has 1 saturated heterocycles. The van der Waals surface area contributed by atoms with Crippen LogP contribution >= 0.6 is 23.4 Å². The van der Waals surface area contributed by atoms with Crippen molar-refractivity contribution in [2.75, 3.05) is 44.9 Å². The summed E-state index contributed by atoms with van der Waals surface area (Å²) < 4.78 is 16.9. The van der Waals surface area contributed by atoms with Crippen LogP contribution in [0.2, 0.25) is 5.02 Å². The Labute approximate surface area is 303 Å². The number of nitrogens with one attached hydrogen (secondary N) is 2. The minimum absolute atomic E-state index is 0.0872. The molecule has 0 saturated carbocycles. The van der Waals surface area contributed by atoms with Crippen molar-refractivity contribution >= 4 is 52.1 Å². The van der Waals surface area contributed by atoms with Gasteiger partial charge in [-0.3, -0.25) is 14.5 Å². The minimum Gasteiger partial charge on any atom is -0.497 e. The zero-order valence-corrected chi connectivity index (χ0v) is 30.5. The molecule has 2 N–H and O–H groups in total. The van der Waals surface area contributed by atoms with Gasteiger partial charge in [0.05, 0.1) is 31.0 Å². The normalized spacial score (nSPS) is 14.6. The molecule has 5 rings (SSSR count). The first-order valence-electron chi connectivity index (χ1n) is 17.2. The number of nitrogens with zero attached hydrogens (tertiary/aromatic N) is 1. The van der Waals surface area contributed by atoms with Crippen molar-refractivity contribution in [1.82, 2.24) is 15.2 Å². The molecular formula is C39H46ClN3O6S. The second-order valence-electron chi connectivity index (χ2n) is 12.8. The molecule has 0 spiro atoms. The number of benzene rings is 3. The molecule has 1 amide bonds. The van der Waals surface area contributed by atoms with Crippen LogP contribution in [0, 0.1) is 12.8 Å². The summed E-state index contributed by atoms with van der Waals surface area (Å²) in [5.74, 6) is -0.345. The summed E-state index contributed by atoms with van der Waals surface area (Å²) in [4.78, 5) is 45.3. The van der Waals surface area contributed by atoms with E-state index < -0.39 is 17.9 Å². The van der Waals surface area contributed by atoms with E-state index in [0.29, 0.717) is 36.1 Å². The van der Waals surface area contributed by atoms with Crippen molar-refractivity contribution in [3.05, 3.63) is 94.1 Å². The highest BCUT2D eigenvalue weighted by Crippen LogP contribution is 2.38. The van der Waals surface area contributed by atoms with E-state index in [-0.39, 0.29) is 23.1 Å². The highest BCUT2D eigenvalue weighted by Gasteiger charge is 2.34. The van der Waals surface area contributed by atoms with Gasteiger partial charge in [0.1, 0.15) is 11.5 Å². The Morgan fingerprint density at radius 2 is 1.78 bits per heavy atom. The third-order valence-corrected chi connectivity index (χ3v) is 10.4. The highest BCUT2D eigenvalue weighted by atomic mass is 35.5. The molecule has 2 heterocycles. The fourth-order valence-electron chi connectivity index (χ4n) is 6.37. The van der Waals surface area contributed by atoms with Crippen LogP contribution in [0.4, 0.5) is 0 Å². The molecule has 2 atom stereocenters. The van der Waals surface area contributed by atoms with Gasteiger partial charge in [0, 0.05) is 34.7 Å². The zero-order valence-electron chi connectivity index (χ0n) is 29.0. The molecule has 1 fully saturated rings. The molecule has 1 aromatic heterocycles. The SMILES string of the molecule is COc1ccc2[nH]c(C)c(C(C(=O)OC(=O)c3ccc(Cl)cc3)C(C)CSCC(=O)NCCCOc3cccc(CN4CCCCC4)c3)c2c1. The Balaban J connectivity index is 1.13. The number of piperidine rings is 1. The predicted octanol–water partition coefficient (Wildman–Crippen LogP) is 7.55. The molecule has 9 nitrogen and oxygen atoms in total. The summed E-state index contributed by atoms with van der Waals surface area (Å²) in [6.07, 6.45) is 4.54. The molecule has 0 bridgehead atoms. The van der Waals surface area contributed by atoms with Crippen LogP contribution in [-0.4, -0.2) is 72.6 Å². The van der Waals surface area contributed by atoms with Gasteiger partial charge in [-0.2, -0.15) is 11.8 Å².